The molecule has 10 heavy (non-hydrogen) atoms. The molecular weight excluding hydrogens is 185 g/mol. The van der Waals surface area contributed by atoms with Crippen LogP contribution in [0.1, 0.15) is 5.56 Å². The summed E-state index contributed by atoms with van der Waals surface area (Å²) in [5.41, 5.74) is 0.568. The van der Waals surface area contributed by atoms with E-state index in [0.29, 0.717) is 5.56 Å². The average molecular weight is 188 g/mol. The van der Waals surface area contributed by atoms with Gasteiger partial charge in [0.05, 0.1) is 0 Å². The summed E-state index contributed by atoms with van der Waals surface area (Å²) in [5, 5.41) is 8.33. The maximum Gasteiger partial charge on any atom is 1.00 e. The van der Waals surface area contributed by atoms with Gasteiger partial charge >= 0.3 is 18.9 Å². The number of rotatable bonds is 0. The van der Waals surface area contributed by atoms with Crippen LogP contribution < -0.4 is 18.9 Å². The molecule has 0 fully saturated rings. The standard InChI is InChI=1S/C7H3BrN.Li/c8-7-3-1-6(5-9)2-4-7;/h1,3-4H;/q-1;+1. The summed E-state index contributed by atoms with van der Waals surface area (Å²) in [6, 6.07) is 10.0. The van der Waals surface area contributed by atoms with Crippen LogP contribution in [0.3, 0.4) is 0 Å². The fourth-order valence-electron chi connectivity index (χ4n) is 0.475. The summed E-state index contributed by atoms with van der Waals surface area (Å²) in [6.45, 7) is 0. The van der Waals surface area contributed by atoms with E-state index in [1.165, 1.54) is 0 Å². The average Bonchev–Trinajstić information content (AvgIpc) is 1.90. The molecular formula is C7H3BrLiN. The first-order valence-corrected chi connectivity index (χ1v) is 3.19. The second-order valence-electron chi connectivity index (χ2n) is 1.53. The first-order chi connectivity index (χ1) is 4.33. The van der Waals surface area contributed by atoms with Crippen molar-refractivity contribution in [2.75, 3.05) is 0 Å². The fraction of sp³-hybridized carbons (Fsp3) is 0. The van der Waals surface area contributed by atoms with Crippen molar-refractivity contribution < 1.29 is 18.9 Å². The van der Waals surface area contributed by atoms with Gasteiger partial charge in [0, 0.05) is 0 Å². The van der Waals surface area contributed by atoms with Gasteiger partial charge in [-0.15, -0.1) is 40.2 Å². The largest absolute Gasteiger partial charge is 1.00 e. The van der Waals surface area contributed by atoms with E-state index in [2.05, 4.69) is 22.0 Å². The first kappa shape index (κ1) is 9.79. The van der Waals surface area contributed by atoms with Crippen molar-refractivity contribution in [1.82, 2.24) is 0 Å². The van der Waals surface area contributed by atoms with Gasteiger partial charge in [0.25, 0.3) is 0 Å². The van der Waals surface area contributed by atoms with E-state index in [1.54, 1.807) is 12.1 Å². The number of benzene rings is 1. The molecule has 0 aliphatic rings. The third-order valence-electron chi connectivity index (χ3n) is 0.895. The van der Waals surface area contributed by atoms with Crippen molar-refractivity contribution in [2.45, 2.75) is 0 Å². The summed E-state index contributed by atoms with van der Waals surface area (Å²) >= 11 is 3.23. The normalized spacial score (nSPS) is 7.60. The Bertz CT molecular complexity index is 237. The van der Waals surface area contributed by atoms with Gasteiger partial charge in [0.2, 0.25) is 0 Å². The maximum absolute atomic E-state index is 8.33. The van der Waals surface area contributed by atoms with Gasteiger partial charge in [-0.05, 0) is 6.07 Å². The Balaban J connectivity index is 0.000000810. The SMILES string of the molecule is N#Cc1[c-]cc(Br)cc1.[Li+]. The molecule has 44 valence electrons. The molecule has 0 saturated heterocycles. The molecule has 0 aromatic heterocycles. The summed E-state index contributed by atoms with van der Waals surface area (Å²) < 4.78 is 0.946. The molecule has 0 spiro atoms. The second kappa shape index (κ2) is 4.58. The molecule has 0 aliphatic carbocycles. The zero-order valence-corrected chi connectivity index (χ0v) is 7.14. The molecule has 0 unspecified atom stereocenters. The molecule has 1 aromatic rings. The van der Waals surface area contributed by atoms with Crippen molar-refractivity contribution in [3.8, 4) is 6.07 Å². The van der Waals surface area contributed by atoms with Gasteiger partial charge in [-0.3, -0.25) is 5.26 Å². The smallest absolute Gasteiger partial charge is 0.262 e. The van der Waals surface area contributed by atoms with Gasteiger partial charge in [0.15, 0.2) is 0 Å². The van der Waals surface area contributed by atoms with Gasteiger partial charge in [-0.2, -0.15) is 0 Å². The van der Waals surface area contributed by atoms with Crippen molar-refractivity contribution in [3.63, 3.8) is 0 Å². The van der Waals surface area contributed by atoms with Crippen molar-refractivity contribution in [2.24, 2.45) is 0 Å². The third kappa shape index (κ3) is 2.58. The topological polar surface area (TPSA) is 23.8 Å². The van der Waals surface area contributed by atoms with Crippen molar-refractivity contribution in [3.05, 3.63) is 34.3 Å². The molecule has 0 aliphatic heterocycles. The molecule has 0 amide bonds. The number of hydrogen-bond donors (Lipinski definition) is 0. The monoisotopic (exact) mass is 187 g/mol. The van der Waals surface area contributed by atoms with Gasteiger partial charge in [-0.1, -0.05) is 10.0 Å². The Morgan fingerprint density at radius 3 is 2.60 bits per heavy atom. The first-order valence-electron chi connectivity index (χ1n) is 2.40. The van der Waals surface area contributed by atoms with Crippen LogP contribution in [0.5, 0.6) is 0 Å². The molecule has 0 atom stereocenters. The Morgan fingerprint density at radius 1 is 1.50 bits per heavy atom. The minimum Gasteiger partial charge on any atom is -0.262 e. The van der Waals surface area contributed by atoms with Crippen LogP contribution in [0, 0.1) is 17.4 Å². The molecule has 1 aromatic carbocycles. The van der Waals surface area contributed by atoms with Crippen LogP contribution in [0.4, 0.5) is 0 Å². The summed E-state index contributed by atoms with van der Waals surface area (Å²) in [6.07, 6.45) is 0. The summed E-state index contributed by atoms with van der Waals surface area (Å²) in [7, 11) is 0. The molecule has 1 rings (SSSR count). The zero-order valence-electron chi connectivity index (χ0n) is 5.56. The molecule has 3 heteroatoms. The molecule has 0 bridgehead atoms. The summed E-state index contributed by atoms with van der Waals surface area (Å²) in [5.74, 6) is 0. The Hall–Kier alpha value is -0.213. The van der Waals surface area contributed by atoms with E-state index < -0.39 is 0 Å². The number of nitrogens with zero attached hydrogens (tertiary/aromatic N) is 1. The van der Waals surface area contributed by atoms with Crippen LogP contribution >= 0.6 is 15.9 Å². The molecule has 0 saturated carbocycles. The second-order valence-corrected chi connectivity index (χ2v) is 2.45. The van der Waals surface area contributed by atoms with Gasteiger partial charge < -0.3 is 0 Å². The molecule has 0 heterocycles. The molecule has 0 radical (unpaired) electrons. The van der Waals surface area contributed by atoms with Gasteiger partial charge in [0.1, 0.15) is 0 Å². The van der Waals surface area contributed by atoms with Crippen LogP contribution in [-0.2, 0) is 0 Å². The molecule has 0 N–H and O–H groups in total. The fourth-order valence-corrected chi connectivity index (χ4v) is 0.722. The van der Waals surface area contributed by atoms with E-state index in [4.69, 9.17) is 5.26 Å². The van der Waals surface area contributed by atoms with Crippen LogP contribution in [0.2, 0.25) is 0 Å². The Labute approximate surface area is 80.4 Å². The van der Waals surface area contributed by atoms with E-state index in [-0.39, 0.29) is 18.9 Å². The quantitative estimate of drug-likeness (QED) is 0.383. The number of hydrogen-bond acceptors (Lipinski definition) is 1. The molecule has 1 nitrogen and oxygen atoms in total. The van der Waals surface area contributed by atoms with E-state index >= 15 is 0 Å². The zero-order chi connectivity index (χ0) is 6.69. The predicted octanol–water partition coefficient (Wildman–Crippen LogP) is -0.875. The summed E-state index contributed by atoms with van der Waals surface area (Å²) in [4.78, 5) is 0. The van der Waals surface area contributed by atoms with E-state index in [9.17, 15) is 0 Å². The van der Waals surface area contributed by atoms with Crippen LogP contribution in [-0.4, -0.2) is 0 Å². The third-order valence-corrected chi connectivity index (χ3v) is 1.39. The maximum atomic E-state index is 8.33. The predicted molar refractivity (Wildman–Crippen MR) is 37.7 cm³/mol. The minimum atomic E-state index is 0. The van der Waals surface area contributed by atoms with Crippen molar-refractivity contribution >= 4 is 15.9 Å². The Morgan fingerprint density at radius 2 is 2.20 bits per heavy atom. The number of halogens is 1. The minimum absolute atomic E-state index is 0. The Kier molecular flexibility index (Phi) is 4.48. The van der Waals surface area contributed by atoms with Crippen LogP contribution in [0.25, 0.3) is 0 Å². The van der Waals surface area contributed by atoms with Crippen LogP contribution in [0.15, 0.2) is 22.7 Å². The van der Waals surface area contributed by atoms with Gasteiger partial charge in [-0.25, -0.2) is 0 Å². The van der Waals surface area contributed by atoms with E-state index in [1.807, 2.05) is 12.1 Å². The van der Waals surface area contributed by atoms with E-state index in [0.717, 1.165) is 4.47 Å². The van der Waals surface area contributed by atoms with Crippen molar-refractivity contribution in [1.29, 1.82) is 5.26 Å². The number of nitriles is 1.